The van der Waals surface area contributed by atoms with Crippen molar-refractivity contribution < 1.29 is 0 Å². The summed E-state index contributed by atoms with van der Waals surface area (Å²) in [5.74, 6) is 0.572. The van der Waals surface area contributed by atoms with Crippen molar-refractivity contribution in [2.45, 2.75) is 6.54 Å². The fourth-order valence-electron chi connectivity index (χ4n) is 4.81. The monoisotopic (exact) mass is 508 g/mol. The summed E-state index contributed by atoms with van der Waals surface area (Å²) < 4.78 is 3.51. The Morgan fingerprint density at radius 3 is 2.41 bits per heavy atom. The Morgan fingerprint density at radius 2 is 1.65 bits per heavy atom. The number of hydrogen-bond donors (Lipinski definition) is 1. The van der Waals surface area contributed by atoms with Gasteiger partial charge in [-0.1, -0.05) is 42.5 Å². The van der Waals surface area contributed by atoms with Crippen LogP contribution >= 0.6 is 11.3 Å². The molecule has 8 nitrogen and oxygen atoms in total. The van der Waals surface area contributed by atoms with E-state index in [0.717, 1.165) is 31.2 Å². The zero-order valence-corrected chi connectivity index (χ0v) is 21.4. The summed E-state index contributed by atoms with van der Waals surface area (Å²) in [6.07, 6.45) is 0. The Bertz CT molecular complexity index is 1940. The minimum Gasteiger partial charge on any atom is -0.329 e. The average molecular weight is 509 g/mol. The summed E-state index contributed by atoms with van der Waals surface area (Å²) in [5.41, 5.74) is 8.85. The quantitative estimate of drug-likeness (QED) is 0.381. The first-order chi connectivity index (χ1) is 17.9. The molecule has 3 heterocycles. The minimum atomic E-state index is -0.444. The smallest absolute Gasteiger partial charge is 0.329 e. The maximum Gasteiger partial charge on any atom is 0.332 e. The Kier molecular flexibility index (Phi) is 5.40. The van der Waals surface area contributed by atoms with Crippen molar-refractivity contribution in [1.82, 2.24) is 19.1 Å². The Balaban J connectivity index is 1.72. The van der Waals surface area contributed by atoms with Crippen LogP contribution < -0.4 is 21.9 Å². The number of hydrogen-bond acceptors (Lipinski definition) is 7. The van der Waals surface area contributed by atoms with Crippen LogP contribution in [0.1, 0.15) is 5.56 Å². The number of anilines is 2. The molecule has 0 aliphatic carbocycles. The molecule has 0 aliphatic heterocycles. The summed E-state index contributed by atoms with van der Waals surface area (Å²) in [7, 11) is 5.02. The lowest BCUT2D eigenvalue weighted by atomic mass is 10.0. The molecule has 0 spiro atoms. The van der Waals surface area contributed by atoms with Crippen LogP contribution in [0.3, 0.4) is 0 Å². The van der Waals surface area contributed by atoms with E-state index in [1.807, 2.05) is 54.4 Å². The van der Waals surface area contributed by atoms with Crippen LogP contribution in [0.5, 0.6) is 0 Å². The molecular weight excluding hydrogens is 484 g/mol. The number of rotatable bonds is 4. The fourth-order valence-corrected chi connectivity index (χ4v) is 5.85. The molecule has 3 aromatic carbocycles. The van der Waals surface area contributed by atoms with Crippen LogP contribution in [-0.2, 0) is 20.6 Å². The normalized spacial score (nSPS) is 11.6. The van der Waals surface area contributed by atoms with Gasteiger partial charge in [0.1, 0.15) is 10.8 Å². The molecule has 9 heteroatoms. The van der Waals surface area contributed by atoms with Crippen molar-refractivity contribution in [3.05, 3.63) is 93.1 Å². The van der Waals surface area contributed by atoms with Crippen molar-refractivity contribution >= 4 is 54.9 Å². The first kappa shape index (κ1) is 23.1. The topological polar surface area (TPSA) is 99.0 Å². The lowest BCUT2D eigenvalue weighted by molar-refractivity contribution is 0.707. The van der Waals surface area contributed by atoms with Gasteiger partial charge in [-0.3, -0.25) is 13.9 Å². The summed E-state index contributed by atoms with van der Waals surface area (Å²) >= 11 is 1.49. The van der Waals surface area contributed by atoms with E-state index in [2.05, 4.69) is 24.3 Å². The van der Waals surface area contributed by atoms with Gasteiger partial charge in [-0.05, 0) is 35.0 Å². The molecule has 0 unspecified atom stereocenters. The number of para-hydroxylation sites is 1. The summed E-state index contributed by atoms with van der Waals surface area (Å²) in [4.78, 5) is 38.1. The number of thiazole rings is 1. The highest BCUT2D eigenvalue weighted by molar-refractivity contribution is 7.21. The van der Waals surface area contributed by atoms with E-state index in [9.17, 15) is 9.59 Å². The average Bonchev–Trinajstić information content (AvgIpc) is 3.37. The molecular formula is C28H24N6O2S. The van der Waals surface area contributed by atoms with Crippen LogP contribution in [0.15, 0.2) is 76.3 Å². The number of nitrogens with zero attached hydrogens (tertiary/aromatic N) is 5. The third-order valence-electron chi connectivity index (χ3n) is 6.82. The Labute approximate surface area is 215 Å². The van der Waals surface area contributed by atoms with Crippen LogP contribution in [0.2, 0.25) is 0 Å². The van der Waals surface area contributed by atoms with E-state index in [0.29, 0.717) is 33.0 Å². The van der Waals surface area contributed by atoms with E-state index in [4.69, 9.17) is 15.7 Å². The molecule has 0 saturated carbocycles. The van der Waals surface area contributed by atoms with E-state index in [-0.39, 0.29) is 6.54 Å². The van der Waals surface area contributed by atoms with Crippen molar-refractivity contribution in [3.63, 3.8) is 0 Å². The van der Waals surface area contributed by atoms with Crippen LogP contribution in [0.25, 0.3) is 42.6 Å². The van der Waals surface area contributed by atoms with Gasteiger partial charge in [-0.15, -0.1) is 11.3 Å². The van der Waals surface area contributed by atoms with Crippen molar-refractivity contribution in [3.8, 4) is 10.6 Å². The van der Waals surface area contributed by atoms with Gasteiger partial charge in [-0.2, -0.15) is 0 Å². The second-order valence-corrected chi connectivity index (χ2v) is 10.0. The highest BCUT2D eigenvalue weighted by Gasteiger charge is 2.25. The standard InChI is InChI=1S/C28H24N6O2S/c1-32(18-13-12-16-8-4-5-9-17(16)14-18)24-19(15-29)22(26-30-20-10-6-7-11-21(20)37-26)23-25(31-24)33(2)28(36)34(3)27(23)35/h4-14H,15,29H2,1-3H3. The van der Waals surface area contributed by atoms with E-state index in [1.54, 1.807) is 7.05 Å². The maximum absolute atomic E-state index is 13.5. The molecule has 37 heavy (non-hydrogen) atoms. The lowest BCUT2D eigenvalue weighted by Gasteiger charge is -2.24. The number of aryl methyl sites for hydroxylation is 1. The van der Waals surface area contributed by atoms with Gasteiger partial charge in [-0.25, -0.2) is 14.8 Å². The van der Waals surface area contributed by atoms with Gasteiger partial charge in [0.05, 0.1) is 15.6 Å². The predicted octanol–water partition coefficient (Wildman–Crippen LogP) is 4.29. The minimum absolute atomic E-state index is 0.132. The van der Waals surface area contributed by atoms with E-state index >= 15 is 0 Å². The van der Waals surface area contributed by atoms with Gasteiger partial charge in [0.15, 0.2) is 5.65 Å². The van der Waals surface area contributed by atoms with E-state index in [1.165, 1.54) is 23.0 Å². The summed E-state index contributed by atoms with van der Waals surface area (Å²) in [6, 6.07) is 22.1. The largest absolute Gasteiger partial charge is 0.332 e. The molecule has 0 radical (unpaired) electrons. The first-order valence-corrected chi connectivity index (χ1v) is 12.6. The molecule has 0 atom stereocenters. The second-order valence-electron chi connectivity index (χ2n) is 8.97. The number of benzene rings is 3. The van der Waals surface area contributed by atoms with Crippen LogP contribution in [0.4, 0.5) is 11.5 Å². The van der Waals surface area contributed by atoms with Gasteiger partial charge in [0, 0.05) is 44.5 Å². The van der Waals surface area contributed by atoms with E-state index < -0.39 is 11.2 Å². The first-order valence-electron chi connectivity index (χ1n) is 11.8. The fraction of sp³-hybridized carbons (Fsp3) is 0.143. The summed E-state index contributed by atoms with van der Waals surface area (Å²) in [5, 5.41) is 3.22. The maximum atomic E-state index is 13.5. The number of fused-ring (bicyclic) bond motifs is 3. The Hall–Kier alpha value is -4.34. The lowest BCUT2D eigenvalue weighted by Crippen LogP contribution is -2.38. The number of aromatic nitrogens is 4. The van der Waals surface area contributed by atoms with Crippen molar-refractivity contribution in [2.24, 2.45) is 19.8 Å². The highest BCUT2D eigenvalue weighted by atomic mass is 32.1. The van der Waals surface area contributed by atoms with Crippen molar-refractivity contribution in [2.75, 3.05) is 11.9 Å². The number of nitrogens with two attached hydrogens (primary N) is 1. The third-order valence-corrected chi connectivity index (χ3v) is 7.87. The summed E-state index contributed by atoms with van der Waals surface area (Å²) in [6.45, 7) is 0.132. The molecule has 0 amide bonds. The molecule has 184 valence electrons. The molecule has 2 N–H and O–H groups in total. The molecule has 0 saturated heterocycles. The zero-order valence-electron chi connectivity index (χ0n) is 20.6. The zero-order chi connectivity index (χ0) is 25.8. The SMILES string of the molecule is CN(c1ccc2ccccc2c1)c1nc2c(c(-c3nc4ccccc4s3)c1CN)c(=O)n(C)c(=O)n2C. The highest BCUT2D eigenvalue weighted by Crippen LogP contribution is 2.40. The Morgan fingerprint density at radius 1 is 0.919 bits per heavy atom. The van der Waals surface area contributed by atoms with Gasteiger partial charge in [0.25, 0.3) is 5.56 Å². The van der Waals surface area contributed by atoms with Gasteiger partial charge in [0.2, 0.25) is 0 Å². The molecule has 0 bridgehead atoms. The molecule has 6 rings (SSSR count). The second kappa shape index (κ2) is 8.65. The van der Waals surface area contributed by atoms with Crippen LogP contribution in [0, 0.1) is 0 Å². The predicted molar refractivity (Wildman–Crippen MR) is 151 cm³/mol. The molecule has 0 fully saturated rings. The van der Waals surface area contributed by atoms with Crippen molar-refractivity contribution in [1.29, 1.82) is 0 Å². The van der Waals surface area contributed by atoms with Gasteiger partial charge >= 0.3 is 5.69 Å². The third kappa shape index (κ3) is 3.54. The molecule has 6 aromatic rings. The molecule has 3 aromatic heterocycles. The van der Waals surface area contributed by atoms with Gasteiger partial charge < -0.3 is 10.6 Å². The number of pyridine rings is 1. The van der Waals surface area contributed by atoms with Crippen LogP contribution in [-0.4, -0.2) is 26.1 Å². The molecule has 0 aliphatic rings.